The van der Waals surface area contributed by atoms with Crippen molar-refractivity contribution in [1.29, 1.82) is 0 Å². The van der Waals surface area contributed by atoms with Gasteiger partial charge in [0, 0.05) is 5.92 Å². The Morgan fingerprint density at radius 2 is 2.11 bits per heavy atom. The smallest absolute Gasteiger partial charge is 0.304 e. The lowest BCUT2D eigenvalue weighted by atomic mass is 9.95. The Morgan fingerprint density at radius 1 is 1.44 bits per heavy atom. The van der Waals surface area contributed by atoms with Gasteiger partial charge in [-0.15, -0.1) is 0 Å². The van der Waals surface area contributed by atoms with Gasteiger partial charge in [-0.3, -0.25) is 4.79 Å². The van der Waals surface area contributed by atoms with Gasteiger partial charge in [0.15, 0.2) is 11.5 Å². The van der Waals surface area contributed by atoms with E-state index in [4.69, 9.17) is 31.9 Å². The molecular formula is C12H16ClNO4. The molecule has 1 unspecified atom stereocenters. The van der Waals surface area contributed by atoms with Crippen molar-refractivity contribution in [1.82, 2.24) is 0 Å². The normalized spacial score (nSPS) is 12.0. The Balaban J connectivity index is 3.19. The third-order valence-electron chi connectivity index (χ3n) is 2.66. The van der Waals surface area contributed by atoms with E-state index in [1.165, 1.54) is 14.2 Å². The number of carbonyl (C=O) groups is 1. The summed E-state index contributed by atoms with van der Waals surface area (Å²) in [5.41, 5.74) is 6.24. The maximum atomic E-state index is 10.8. The Hall–Kier alpha value is -1.46. The summed E-state index contributed by atoms with van der Waals surface area (Å²) >= 11 is 6.20. The molecule has 0 aliphatic carbocycles. The number of carboxylic acid groups (broad SMARTS) is 1. The lowest BCUT2D eigenvalue weighted by molar-refractivity contribution is -0.137. The number of benzene rings is 1. The van der Waals surface area contributed by atoms with Gasteiger partial charge in [-0.1, -0.05) is 17.7 Å². The van der Waals surface area contributed by atoms with Gasteiger partial charge in [0.2, 0.25) is 0 Å². The summed E-state index contributed by atoms with van der Waals surface area (Å²) < 4.78 is 10.3. The fraction of sp³-hybridized carbons (Fsp3) is 0.417. The number of hydrogen-bond acceptors (Lipinski definition) is 4. The highest BCUT2D eigenvalue weighted by Gasteiger charge is 2.21. The van der Waals surface area contributed by atoms with Crippen molar-refractivity contribution in [2.24, 2.45) is 5.73 Å². The van der Waals surface area contributed by atoms with Crippen LogP contribution in [0.5, 0.6) is 11.5 Å². The van der Waals surface area contributed by atoms with Crippen LogP contribution in [-0.4, -0.2) is 31.8 Å². The van der Waals surface area contributed by atoms with Crippen molar-refractivity contribution in [2.45, 2.75) is 12.3 Å². The molecule has 18 heavy (non-hydrogen) atoms. The van der Waals surface area contributed by atoms with Crippen LogP contribution in [0.3, 0.4) is 0 Å². The molecule has 100 valence electrons. The summed E-state index contributed by atoms with van der Waals surface area (Å²) in [4.78, 5) is 10.8. The number of halogens is 1. The van der Waals surface area contributed by atoms with E-state index in [0.717, 1.165) is 0 Å². The quantitative estimate of drug-likeness (QED) is 0.827. The molecular weight excluding hydrogens is 258 g/mol. The second-order valence-corrected chi connectivity index (χ2v) is 4.11. The largest absolute Gasteiger partial charge is 0.493 e. The van der Waals surface area contributed by atoms with Crippen molar-refractivity contribution in [3.05, 3.63) is 22.7 Å². The first-order valence-corrected chi connectivity index (χ1v) is 5.75. The lowest BCUT2D eigenvalue weighted by Crippen LogP contribution is -2.17. The highest BCUT2D eigenvalue weighted by molar-refractivity contribution is 6.33. The van der Waals surface area contributed by atoms with Gasteiger partial charge in [-0.25, -0.2) is 0 Å². The summed E-state index contributed by atoms with van der Waals surface area (Å²) in [5, 5.41) is 9.18. The number of ether oxygens (including phenoxy) is 2. The van der Waals surface area contributed by atoms with Gasteiger partial charge in [-0.05, 0) is 18.2 Å². The third-order valence-corrected chi connectivity index (χ3v) is 3.05. The van der Waals surface area contributed by atoms with Crippen LogP contribution < -0.4 is 15.2 Å². The first-order chi connectivity index (χ1) is 8.54. The van der Waals surface area contributed by atoms with Crippen LogP contribution in [0.2, 0.25) is 5.02 Å². The van der Waals surface area contributed by atoms with Crippen LogP contribution in [0.4, 0.5) is 0 Å². The number of hydrogen-bond donors (Lipinski definition) is 2. The van der Waals surface area contributed by atoms with E-state index in [9.17, 15) is 4.79 Å². The number of rotatable bonds is 6. The molecule has 0 aliphatic heterocycles. The molecule has 0 saturated carbocycles. The van der Waals surface area contributed by atoms with Crippen LogP contribution in [0, 0.1) is 0 Å². The molecule has 1 aromatic rings. The average Bonchev–Trinajstić information content (AvgIpc) is 2.35. The SMILES string of the molecule is COc1ccc(C(CN)CC(=O)O)c(Cl)c1OC. The second kappa shape index (κ2) is 6.47. The summed E-state index contributed by atoms with van der Waals surface area (Å²) in [5.74, 6) is -0.385. The van der Waals surface area contributed by atoms with Crippen molar-refractivity contribution >= 4 is 17.6 Å². The number of methoxy groups -OCH3 is 2. The predicted molar refractivity (Wildman–Crippen MR) is 68.6 cm³/mol. The Kier molecular flexibility index (Phi) is 5.25. The zero-order valence-electron chi connectivity index (χ0n) is 10.3. The summed E-state index contributed by atoms with van der Waals surface area (Å²) in [7, 11) is 2.98. The van der Waals surface area contributed by atoms with Gasteiger partial charge < -0.3 is 20.3 Å². The molecule has 0 aliphatic rings. The Labute approximate surface area is 110 Å². The van der Waals surface area contributed by atoms with Gasteiger partial charge in [0.1, 0.15) is 0 Å². The Bertz CT molecular complexity index is 436. The van der Waals surface area contributed by atoms with Gasteiger partial charge >= 0.3 is 5.97 Å². The zero-order valence-corrected chi connectivity index (χ0v) is 11.0. The molecule has 6 heteroatoms. The first kappa shape index (κ1) is 14.6. The first-order valence-electron chi connectivity index (χ1n) is 5.37. The van der Waals surface area contributed by atoms with E-state index in [0.29, 0.717) is 22.1 Å². The molecule has 0 spiro atoms. The van der Waals surface area contributed by atoms with E-state index >= 15 is 0 Å². The van der Waals surface area contributed by atoms with Gasteiger partial charge in [0.05, 0.1) is 25.7 Å². The monoisotopic (exact) mass is 273 g/mol. The summed E-state index contributed by atoms with van der Waals surface area (Å²) in [6, 6.07) is 3.40. The highest BCUT2D eigenvalue weighted by atomic mass is 35.5. The molecule has 0 radical (unpaired) electrons. The topological polar surface area (TPSA) is 81.8 Å². The number of aliphatic carboxylic acids is 1. The number of carboxylic acids is 1. The minimum atomic E-state index is -0.920. The minimum Gasteiger partial charge on any atom is -0.493 e. The molecule has 0 saturated heterocycles. The van der Waals surface area contributed by atoms with Crippen molar-refractivity contribution in [2.75, 3.05) is 20.8 Å². The minimum absolute atomic E-state index is 0.0777. The maximum Gasteiger partial charge on any atom is 0.304 e. The molecule has 3 N–H and O–H groups in total. The molecule has 5 nitrogen and oxygen atoms in total. The van der Waals surface area contributed by atoms with E-state index in [1.807, 2.05) is 0 Å². The molecule has 1 rings (SSSR count). The van der Waals surface area contributed by atoms with E-state index in [1.54, 1.807) is 12.1 Å². The predicted octanol–water partition coefficient (Wildman–Crippen LogP) is 1.87. The molecule has 0 bridgehead atoms. The van der Waals surface area contributed by atoms with Crippen molar-refractivity contribution in [3.8, 4) is 11.5 Å². The molecule has 0 heterocycles. The van der Waals surface area contributed by atoms with Crippen LogP contribution in [0.1, 0.15) is 17.9 Å². The van der Waals surface area contributed by atoms with Crippen LogP contribution in [0.25, 0.3) is 0 Å². The highest BCUT2D eigenvalue weighted by Crippen LogP contribution is 2.40. The van der Waals surface area contributed by atoms with Crippen LogP contribution >= 0.6 is 11.6 Å². The van der Waals surface area contributed by atoms with E-state index in [-0.39, 0.29) is 18.9 Å². The van der Waals surface area contributed by atoms with Crippen LogP contribution in [0.15, 0.2) is 12.1 Å². The third kappa shape index (κ3) is 3.05. The average molecular weight is 274 g/mol. The van der Waals surface area contributed by atoms with Crippen molar-refractivity contribution < 1.29 is 19.4 Å². The molecule has 0 fully saturated rings. The number of nitrogens with two attached hydrogens (primary N) is 1. The fourth-order valence-electron chi connectivity index (χ4n) is 1.75. The lowest BCUT2D eigenvalue weighted by Gasteiger charge is -2.18. The van der Waals surface area contributed by atoms with E-state index in [2.05, 4.69) is 0 Å². The van der Waals surface area contributed by atoms with Crippen LogP contribution in [-0.2, 0) is 4.79 Å². The fourth-order valence-corrected chi connectivity index (χ4v) is 2.14. The second-order valence-electron chi connectivity index (χ2n) is 3.73. The molecule has 0 amide bonds. The molecule has 1 atom stereocenters. The standard InChI is InChI=1S/C12H16ClNO4/c1-17-9-4-3-8(11(13)12(9)18-2)7(6-14)5-10(15)16/h3-4,7H,5-6,14H2,1-2H3,(H,15,16). The molecule has 0 aromatic heterocycles. The summed E-state index contributed by atoms with van der Waals surface area (Å²) in [6.45, 7) is 0.196. The van der Waals surface area contributed by atoms with E-state index < -0.39 is 5.97 Å². The van der Waals surface area contributed by atoms with Gasteiger partial charge in [0.25, 0.3) is 0 Å². The zero-order chi connectivity index (χ0) is 13.7. The van der Waals surface area contributed by atoms with Crippen molar-refractivity contribution in [3.63, 3.8) is 0 Å². The van der Waals surface area contributed by atoms with Gasteiger partial charge in [-0.2, -0.15) is 0 Å². The molecule has 1 aromatic carbocycles. The maximum absolute atomic E-state index is 10.8. The summed E-state index contributed by atoms with van der Waals surface area (Å²) in [6.07, 6.45) is -0.0777. The Morgan fingerprint density at radius 3 is 2.56 bits per heavy atom.